The molecule has 0 aliphatic carbocycles. The van der Waals surface area contributed by atoms with E-state index in [4.69, 9.17) is 0 Å². The summed E-state index contributed by atoms with van der Waals surface area (Å²) in [5.41, 5.74) is 17.4. The first kappa shape index (κ1) is 58.8. The van der Waals surface area contributed by atoms with Crippen LogP contribution in [-0.2, 0) is 80.4 Å². The number of pyridine rings is 4. The SMILES string of the molecule is Cc1ccc(-c2[c-]cc(F)c(-c3ccccc3)c2)nc1.Cc1ccc(-c2[c-]ccc(C)c2)nc1.Cc1ccc(-c2[c-]cccc2)nc1.Cc1ccnc(-c2[c-]ccc(-c3ccccc3)c2)c1.[Ir].[Ir].[Ir].[Ir]. The van der Waals surface area contributed by atoms with Crippen LogP contribution in [0.4, 0.5) is 4.39 Å². The zero-order chi connectivity index (χ0) is 46.1. The fourth-order valence-corrected chi connectivity index (χ4v) is 6.73. The Morgan fingerprint density at radius 1 is 0.343 bits per heavy atom. The van der Waals surface area contributed by atoms with Crippen LogP contribution in [-0.4, -0.2) is 19.9 Å². The second-order valence-electron chi connectivity index (χ2n) is 15.8. The van der Waals surface area contributed by atoms with E-state index in [0.29, 0.717) is 5.56 Å². The van der Waals surface area contributed by atoms with Crippen LogP contribution in [0.15, 0.2) is 207 Å². The molecular weight excluding hydrogens is 1580 g/mol. The average molecular weight is 1630 g/mol. The van der Waals surface area contributed by atoms with E-state index in [2.05, 4.69) is 119 Å². The van der Waals surface area contributed by atoms with Gasteiger partial charge in [0.15, 0.2) is 0 Å². The number of nitrogens with zero attached hydrogens (tertiary/aromatic N) is 4. The van der Waals surface area contributed by atoms with E-state index in [0.717, 1.165) is 56.2 Å². The van der Waals surface area contributed by atoms with Crippen molar-refractivity contribution in [2.75, 3.05) is 0 Å². The van der Waals surface area contributed by atoms with Gasteiger partial charge >= 0.3 is 0 Å². The van der Waals surface area contributed by atoms with Crippen molar-refractivity contribution in [2.24, 2.45) is 0 Å². The van der Waals surface area contributed by atoms with Gasteiger partial charge in [-0.25, -0.2) is 0 Å². The molecule has 0 spiro atoms. The summed E-state index contributed by atoms with van der Waals surface area (Å²) in [4.78, 5) is 17.4. The van der Waals surface area contributed by atoms with Crippen molar-refractivity contribution < 1.29 is 84.8 Å². The van der Waals surface area contributed by atoms with Crippen molar-refractivity contribution >= 4 is 0 Å². The minimum Gasteiger partial charge on any atom is -0.305 e. The second-order valence-corrected chi connectivity index (χ2v) is 15.8. The van der Waals surface area contributed by atoms with Gasteiger partial charge in [-0.05, 0) is 84.4 Å². The molecule has 0 fully saturated rings. The third kappa shape index (κ3) is 17.7. The summed E-state index contributed by atoms with van der Waals surface area (Å²) in [7, 11) is 0. The number of halogens is 1. The van der Waals surface area contributed by atoms with Gasteiger partial charge in [-0.15, -0.1) is 130 Å². The van der Waals surface area contributed by atoms with Crippen LogP contribution in [0.5, 0.6) is 0 Å². The largest absolute Gasteiger partial charge is 0.305 e. The first-order valence-electron chi connectivity index (χ1n) is 21.7. The molecule has 0 saturated carbocycles. The molecule has 0 N–H and O–H groups in total. The Kier molecular flexibility index (Phi) is 25.4. The van der Waals surface area contributed by atoms with Crippen LogP contribution in [0.1, 0.15) is 27.8 Å². The molecule has 4 aromatic heterocycles. The standard InChI is InChI=1S/C18H13FN.C18H14N.C13H12N.C12H10N.4Ir/c1-13-7-10-18(20-12-13)15-8-9-17(19)16(11-15)14-5-3-2-4-6-14;1-14-10-11-19-18(12-14)17-9-5-8-16(13-17)15-6-3-2-4-7-15;1-10-4-3-5-12(8-10)13-7-6-11(2)9-14-13;1-10-7-8-12(13-9-10)11-5-3-2-4-6-11;;;;/h2-7,9-12H,1H3;2-8,10-13H,1H3;3-4,6-9H,1-2H3;2-5,7-9H,1H3;;;;/q4*-1;;;;. The van der Waals surface area contributed by atoms with Crippen LogP contribution in [0, 0.1) is 64.7 Å². The minimum absolute atomic E-state index is 0. The maximum atomic E-state index is 14.0. The van der Waals surface area contributed by atoms with Crippen molar-refractivity contribution in [2.45, 2.75) is 34.6 Å². The summed E-state index contributed by atoms with van der Waals surface area (Å²) >= 11 is 0. The van der Waals surface area contributed by atoms with E-state index < -0.39 is 0 Å². The van der Waals surface area contributed by atoms with E-state index in [1.807, 2.05) is 149 Å². The Morgan fingerprint density at radius 2 is 0.829 bits per heavy atom. The van der Waals surface area contributed by atoms with Crippen LogP contribution in [0.2, 0.25) is 0 Å². The smallest absolute Gasteiger partial charge is 0.0456 e. The molecule has 10 aromatic rings. The topological polar surface area (TPSA) is 51.6 Å². The summed E-state index contributed by atoms with van der Waals surface area (Å²) in [6, 6.07) is 71.8. The maximum Gasteiger partial charge on any atom is 0.0456 e. The molecule has 0 amide bonds. The zero-order valence-electron chi connectivity index (χ0n) is 39.1. The summed E-state index contributed by atoms with van der Waals surface area (Å²) in [6.45, 7) is 10.2. The Bertz CT molecular complexity index is 3070. The fraction of sp³-hybridized carbons (Fsp3) is 0.0820. The quantitative estimate of drug-likeness (QED) is 0.156. The Morgan fingerprint density at radius 3 is 1.34 bits per heavy atom. The van der Waals surface area contributed by atoms with Gasteiger partial charge in [0.1, 0.15) is 0 Å². The van der Waals surface area contributed by atoms with Crippen molar-refractivity contribution in [1.29, 1.82) is 0 Å². The molecule has 4 radical (unpaired) electrons. The minimum atomic E-state index is -0.271. The van der Waals surface area contributed by atoms with Crippen molar-refractivity contribution in [3.8, 4) is 67.3 Å². The average Bonchev–Trinajstić information content (AvgIpc) is 3.36. The van der Waals surface area contributed by atoms with Crippen molar-refractivity contribution in [3.05, 3.63) is 265 Å². The molecule has 0 aliphatic rings. The van der Waals surface area contributed by atoms with Crippen molar-refractivity contribution in [3.63, 3.8) is 0 Å². The predicted molar refractivity (Wildman–Crippen MR) is 269 cm³/mol. The molecule has 0 saturated heterocycles. The third-order valence-corrected chi connectivity index (χ3v) is 10.3. The maximum absolute atomic E-state index is 14.0. The van der Waals surface area contributed by atoms with Gasteiger partial charge < -0.3 is 19.9 Å². The van der Waals surface area contributed by atoms with Crippen LogP contribution in [0.25, 0.3) is 67.3 Å². The van der Waals surface area contributed by atoms with Gasteiger partial charge in [0.05, 0.1) is 0 Å². The molecule has 0 aliphatic heterocycles. The third-order valence-electron chi connectivity index (χ3n) is 10.3. The van der Waals surface area contributed by atoms with Crippen LogP contribution >= 0.6 is 0 Å². The molecule has 9 heteroatoms. The molecule has 4 nitrogen and oxygen atoms in total. The van der Waals surface area contributed by atoms with Gasteiger partial charge in [-0.2, -0.15) is 0 Å². The first-order valence-corrected chi connectivity index (χ1v) is 21.7. The van der Waals surface area contributed by atoms with Gasteiger partial charge in [-0.1, -0.05) is 121 Å². The fourth-order valence-electron chi connectivity index (χ4n) is 6.73. The van der Waals surface area contributed by atoms with Crippen LogP contribution in [0.3, 0.4) is 0 Å². The number of aryl methyl sites for hydroxylation is 5. The second kappa shape index (κ2) is 30.2. The number of rotatable bonds is 6. The number of hydrogen-bond acceptors (Lipinski definition) is 4. The van der Waals surface area contributed by atoms with E-state index in [1.54, 1.807) is 12.3 Å². The monoisotopic (exact) mass is 1630 g/mol. The molecule has 360 valence electrons. The molecule has 0 atom stereocenters. The number of hydrogen-bond donors (Lipinski definition) is 0. The van der Waals surface area contributed by atoms with Crippen LogP contribution < -0.4 is 0 Å². The van der Waals surface area contributed by atoms with Gasteiger partial charge in [0.25, 0.3) is 0 Å². The van der Waals surface area contributed by atoms with E-state index in [1.165, 1.54) is 39.4 Å². The molecule has 70 heavy (non-hydrogen) atoms. The van der Waals surface area contributed by atoms with Gasteiger partial charge in [-0.3, -0.25) is 4.39 Å². The zero-order valence-corrected chi connectivity index (χ0v) is 48.7. The van der Waals surface area contributed by atoms with E-state index in [-0.39, 0.29) is 86.2 Å². The van der Waals surface area contributed by atoms with Crippen molar-refractivity contribution in [1.82, 2.24) is 19.9 Å². The predicted octanol–water partition coefficient (Wildman–Crippen LogP) is 15.2. The molecule has 4 heterocycles. The summed E-state index contributed by atoms with van der Waals surface area (Å²) in [5, 5.41) is 0. The summed E-state index contributed by atoms with van der Waals surface area (Å²) < 4.78 is 14.0. The Labute approximate surface area is 467 Å². The molecule has 6 aromatic carbocycles. The van der Waals surface area contributed by atoms with Gasteiger partial charge in [0.2, 0.25) is 0 Å². The molecule has 0 unspecified atom stereocenters. The molecule has 10 rings (SSSR count). The molecular formula is C61H49FIr4N4-4. The van der Waals surface area contributed by atoms with Gasteiger partial charge in [0, 0.05) is 111 Å². The number of benzene rings is 6. The Balaban J connectivity index is 0.000000246. The normalized spacial score (nSPS) is 9.69. The number of aromatic nitrogens is 4. The first-order chi connectivity index (χ1) is 32.2. The molecule has 0 bridgehead atoms. The van der Waals surface area contributed by atoms with E-state index >= 15 is 0 Å². The Hall–Kier alpha value is -5.55. The van der Waals surface area contributed by atoms with E-state index in [9.17, 15) is 4.39 Å². The summed E-state index contributed by atoms with van der Waals surface area (Å²) in [5.74, 6) is -0.271. The summed E-state index contributed by atoms with van der Waals surface area (Å²) in [6.07, 6.45) is 7.39.